The van der Waals surface area contributed by atoms with Gasteiger partial charge in [-0.25, -0.2) is 9.97 Å². The van der Waals surface area contributed by atoms with Crippen LogP contribution < -0.4 is 5.32 Å². The number of rotatable bonds is 3. The maximum Gasteiger partial charge on any atom is 0.223 e. The molecule has 4 nitrogen and oxygen atoms in total. The molecule has 0 amide bonds. The molecule has 3 rings (SSSR count). The molecular weight excluding hydrogens is 202 g/mol. The highest BCUT2D eigenvalue weighted by molar-refractivity contribution is 5.57. The van der Waals surface area contributed by atoms with Crippen molar-refractivity contribution >= 4 is 5.95 Å². The minimum absolute atomic E-state index is 0.562. The van der Waals surface area contributed by atoms with Crippen LogP contribution in [0.2, 0.25) is 0 Å². The van der Waals surface area contributed by atoms with Crippen LogP contribution in [-0.4, -0.2) is 16.0 Å². The van der Waals surface area contributed by atoms with Crippen molar-refractivity contribution in [2.24, 2.45) is 0 Å². The summed E-state index contributed by atoms with van der Waals surface area (Å²) < 4.78 is 5.36. The molecule has 16 heavy (non-hydrogen) atoms. The van der Waals surface area contributed by atoms with Crippen LogP contribution in [0.25, 0.3) is 11.5 Å². The van der Waals surface area contributed by atoms with Crippen LogP contribution in [0.15, 0.2) is 29.0 Å². The van der Waals surface area contributed by atoms with Gasteiger partial charge in [-0.2, -0.15) is 0 Å². The zero-order valence-corrected chi connectivity index (χ0v) is 9.10. The molecule has 1 fully saturated rings. The molecule has 1 aliphatic rings. The summed E-state index contributed by atoms with van der Waals surface area (Å²) in [6.45, 7) is 1.98. The summed E-state index contributed by atoms with van der Waals surface area (Å²) in [5.74, 6) is 1.48. The van der Waals surface area contributed by atoms with E-state index in [0.717, 1.165) is 17.0 Å². The minimum atomic E-state index is 0.562. The Balaban J connectivity index is 1.95. The molecule has 4 heteroatoms. The Morgan fingerprint density at radius 1 is 1.44 bits per heavy atom. The van der Waals surface area contributed by atoms with E-state index in [9.17, 15) is 0 Å². The van der Waals surface area contributed by atoms with Crippen molar-refractivity contribution in [3.8, 4) is 11.5 Å². The number of nitrogens with one attached hydrogen (secondary N) is 1. The third kappa shape index (κ3) is 1.78. The van der Waals surface area contributed by atoms with Crippen molar-refractivity contribution in [1.29, 1.82) is 0 Å². The smallest absolute Gasteiger partial charge is 0.223 e. The number of hydrogen-bond donors (Lipinski definition) is 1. The highest BCUT2D eigenvalue weighted by atomic mass is 16.3. The van der Waals surface area contributed by atoms with Gasteiger partial charge in [0.05, 0.1) is 6.26 Å². The standard InChI is InChI=1S/C12H13N3O/c1-8-7-13-12(14-9-4-5-9)15-11(8)10-3-2-6-16-10/h2-3,6-7,9H,4-5H2,1H3,(H,13,14,15). The summed E-state index contributed by atoms with van der Waals surface area (Å²) in [7, 11) is 0. The topological polar surface area (TPSA) is 51.0 Å². The predicted molar refractivity (Wildman–Crippen MR) is 61.1 cm³/mol. The Labute approximate surface area is 93.7 Å². The minimum Gasteiger partial charge on any atom is -0.463 e. The third-order valence-electron chi connectivity index (χ3n) is 2.64. The van der Waals surface area contributed by atoms with E-state index in [2.05, 4.69) is 15.3 Å². The molecule has 0 aromatic carbocycles. The largest absolute Gasteiger partial charge is 0.463 e. The second-order valence-electron chi connectivity index (χ2n) is 4.12. The van der Waals surface area contributed by atoms with Gasteiger partial charge in [0.25, 0.3) is 0 Å². The second kappa shape index (κ2) is 3.63. The zero-order chi connectivity index (χ0) is 11.0. The number of anilines is 1. The fourth-order valence-corrected chi connectivity index (χ4v) is 1.58. The van der Waals surface area contributed by atoms with Crippen molar-refractivity contribution in [2.75, 3.05) is 5.32 Å². The van der Waals surface area contributed by atoms with Crippen molar-refractivity contribution in [1.82, 2.24) is 9.97 Å². The van der Waals surface area contributed by atoms with Gasteiger partial charge in [-0.1, -0.05) is 0 Å². The van der Waals surface area contributed by atoms with Crippen molar-refractivity contribution in [3.05, 3.63) is 30.2 Å². The van der Waals surface area contributed by atoms with Gasteiger partial charge < -0.3 is 9.73 Å². The van der Waals surface area contributed by atoms with Crippen molar-refractivity contribution < 1.29 is 4.42 Å². The van der Waals surface area contributed by atoms with Crippen LogP contribution in [0.1, 0.15) is 18.4 Å². The summed E-state index contributed by atoms with van der Waals surface area (Å²) >= 11 is 0. The molecule has 0 atom stereocenters. The Bertz CT molecular complexity index is 489. The molecule has 1 saturated carbocycles. The van der Waals surface area contributed by atoms with Crippen molar-refractivity contribution in [3.63, 3.8) is 0 Å². The van der Waals surface area contributed by atoms with Gasteiger partial charge in [0.15, 0.2) is 5.76 Å². The molecule has 0 bridgehead atoms. The maximum absolute atomic E-state index is 5.36. The summed E-state index contributed by atoms with van der Waals surface area (Å²) in [6, 6.07) is 4.34. The first-order valence-corrected chi connectivity index (χ1v) is 5.47. The van der Waals surface area contributed by atoms with Crippen LogP contribution in [-0.2, 0) is 0 Å². The summed E-state index contributed by atoms with van der Waals surface area (Å²) in [4.78, 5) is 8.74. The van der Waals surface area contributed by atoms with Gasteiger partial charge in [-0.15, -0.1) is 0 Å². The normalized spacial score (nSPS) is 15.1. The first kappa shape index (κ1) is 9.39. The van der Waals surface area contributed by atoms with E-state index in [0.29, 0.717) is 12.0 Å². The summed E-state index contributed by atoms with van der Waals surface area (Å²) in [6.07, 6.45) is 5.92. The van der Waals surface area contributed by atoms with Crippen LogP contribution in [0.4, 0.5) is 5.95 Å². The predicted octanol–water partition coefficient (Wildman–Crippen LogP) is 2.62. The molecule has 1 aliphatic carbocycles. The molecule has 0 unspecified atom stereocenters. The molecule has 82 valence electrons. The Morgan fingerprint density at radius 2 is 2.31 bits per heavy atom. The highest BCUT2D eigenvalue weighted by Gasteiger charge is 2.22. The zero-order valence-electron chi connectivity index (χ0n) is 9.10. The first-order chi connectivity index (χ1) is 7.83. The number of hydrogen-bond acceptors (Lipinski definition) is 4. The Morgan fingerprint density at radius 3 is 3.00 bits per heavy atom. The quantitative estimate of drug-likeness (QED) is 0.855. The lowest BCUT2D eigenvalue weighted by Crippen LogP contribution is -2.06. The lowest BCUT2D eigenvalue weighted by Gasteiger charge is -2.06. The molecule has 2 heterocycles. The number of furan rings is 1. The summed E-state index contributed by atoms with van der Waals surface area (Å²) in [5.41, 5.74) is 1.89. The van der Waals surface area contributed by atoms with Crippen molar-refractivity contribution in [2.45, 2.75) is 25.8 Å². The Hall–Kier alpha value is -1.84. The van der Waals surface area contributed by atoms with E-state index in [1.165, 1.54) is 12.8 Å². The molecule has 0 spiro atoms. The van der Waals surface area contributed by atoms with E-state index >= 15 is 0 Å². The fraction of sp³-hybridized carbons (Fsp3) is 0.333. The fourth-order valence-electron chi connectivity index (χ4n) is 1.58. The molecule has 0 saturated heterocycles. The van der Waals surface area contributed by atoms with Crippen LogP contribution in [0.5, 0.6) is 0 Å². The molecular formula is C12H13N3O. The maximum atomic E-state index is 5.36. The van der Waals surface area contributed by atoms with Crippen LogP contribution >= 0.6 is 0 Å². The molecule has 0 radical (unpaired) electrons. The van der Waals surface area contributed by atoms with Gasteiger partial charge in [-0.3, -0.25) is 0 Å². The van der Waals surface area contributed by atoms with E-state index in [1.54, 1.807) is 6.26 Å². The van der Waals surface area contributed by atoms with E-state index in [-0.39, 0.29) is 0 Å². The van der Waals surface area contributed by atoms with Gasteiger partial charge >= 0.3 is 0 Å². The Kier molecular flexibility index (Phi) is 2.13. The van der Waals surface area contributed by atoms with E-state index < -0.39 is 0 Å². The average Bonchev–Trinajstić information content (AvgIpc) is 2.94. The highest BCUT2D eigenvalue weighted by Crippen LogP contribution is 2.25. The van der Waals surface area contributed by atoms with Crippen LogP contribution in [0.3, 0.4) is 0 Å². The SMILES string of the molecule is Cc1cnc(NC2CC2)nc1-c1ccco1. The van der Waals surface area contributed by atoms with Gasteiger partial charge in [0.1, 0.15) is 5.69 Å². The van der Waals surface area contributed by atoms with Gasteiger partial charge in [0, 0.05) is 12.2 Å². The molecule has 2 aromatic heterocycles. The molecule has 1 N–H and O–H groups in total. The lowest BCUT2D eigenvalue weighted by atomic mass is 10.2. The number of nitrogens with zero attached hydrogens (tertiary/aromatic N) is 2. The first-order valence-electron chi connectivity index (χ1n) is 5.47. The van der Waals surface area contributed by atoms with E-state index in [1.807, 2.05) is 25.3 Å². The second-order valence-corrected chi connectivity index (χ2v) is 4.12. The van der Waals surface area contributed by atoms with Gasteiger partial charge in [0.2, 0.25) is 5.95 Å². The number of aromatic nitrogens is 2. The molecule has 2 aromatic rings. The lowest BCUT2D eigenvalue weighted by molar-refractivity contribution is 0.579. The third-order valence-corrected chi connectivity index (χ3v) is 2.64. The number of aryl methyl sites for hydroxylation is 1. The van der Waals surface area contributed by atoms with E-state index in [4.69, 9.17) is 4.42 Å². The average molecular weight is 215 g/mol. The molecule has 0 aliphatic heterocycles. The van der Waals surface area contributed by atoms with Gasteiger partial charge in [-0.05, 0) is 37.5 Å². The summed E-state index contributed by atoms with van der Waals surface area (Å²) in [5, 5.41) is 3.28. The monoisotopic (exact) mass is 215 g/mol. The van der Waals surface area contributed by atoms with Crippen LogP contribution in [0, 0.1) is 6.92 Å².